The summed E-state index contributed by atoms with van der Waals surface area (Å²) in [6.07, 6.45) is 7.93. The molecule has 0 bridgehead atoms. The van der Waals surface area contributed by atoms with Crippen molar-refractivity contribution in [1.82, 2.24) is 0 Å². The summed E-state index contributed by atoms with van der Waals surface area (Å²) in [6.45, 7) is 2.05. The van der Waals surface area contributed by atoms with Crippen molar-refractivity contribution < 1.29 is 8.78 Å². The molecule has 0 aliphatic heterocycles. The number of halogens is 2. The van der Waals surface area contributed by atoms with Gasteiger partial charge in [-0.15, -0.1) is 6.42 Å². The van der Waals surface area contributed by atoms with E-state index in [4.69, 9.17) is 6.42 Å². The van der Waals surface area contributed by atoms with Gasteiger partial charge in [0.05, 0.1) is 5.56 Å². The van der Waals surface area contributed by atoms with Crippen molar-refractivity contribution in [3.05, 3.63) is 94.6 Å². The Kier molecular flexibility index (Phi) is 6.25. The molecule has 138 valence electrons. The standard InChI is InChI=1S/C26H20F2/c1-3-5-6-21-17-25(27)24(26(28)18-21)16-11-20-9-14-23(15-10-20)22-12-7-19(4-2)8-13-22/h2,7-10,12-15,17-18H,3,5-6H2,1H3. The molecule has 0 radical (unpaired) electrons. The first-order valence-corrected chi connectivity index (χ1v) is 9.27. The highest BCUT2D eigenvalue weighted by Crippen LogP contribution is 2.20. The first-order valence-electron chi connectivity index (χ1n) is 9.27. The topological polar surface area (TPSA) is 0 Å². The van der Waals surface area contributed by atoms with E-state index in [0.29, 0.717) is 17.5 Å². The monoisotopic (exact) mass is 370 g/mol. The molecule has 28 heavy (non-hydrogen) atoms. The Morgan fingerprint density at radius 2 is 1.32 bits per heavy atom. The van der Waals surface area contributed by atoms with Crippen LogP contribution in [0, 0.1) is 35.8 Å². The van der Waals surface area contributed by atoms with Gasteiger partial charge < -0.3 is 0 Å². The van der Waals surface area contributed by atoms with Gasteiger partial charge in [-0.1, -0.05) is 55.4 Å². The maximum atomic E-state index is 14.2. The summed E-state index contributed by atoms with van der Waals surface area (Å²) in [6, 6.07) is 18.0. The third-order valence-electron chi connectivity index (χ3n) is 4.52. The Morgan fingerprint density at radius 1 is 0.786 bits per heavy atom. The van der Waals surface area contributed by atoms with E-state index in [-0.39, 0.29) is 5.56 Å². The van der Waals surface area contributed by atoms with Crippen molar-refractivity contribution in [2.75, 3.05) is 0 Å². The van der Waals surface area contributed by atoms with E-state index in [1.807, 2.05) is 55.5 Å². The average molecular weight is 370 g/mol. The Labute approximate surface area is 165 Å². The van der Waals surface area contributed by atoms with Gasteiger partial charge in [0, 0.05) is 11.1 Å². The van der Waals surface area contributed by atoms with E-state index in [1.54, 1.807) is 0 Å². The molecule has 0 atom stereocenters. The molecule has 0 unspecified atom stereocenters. The van der Waals surface area contributed by atoms with E-state index in [1.165, 1.54) is 12.1 Å². The van der Waals surface area contributed by atoms with E-state index in [9.17, 15) is 8.78 Å². The fourth-order valence-electron chi connectivity index (χ4n) is 2.91. The van der Waals surface area contributed by atoms with Gasteiger partial charge in [-0.25, -0.2) is 8.78 Å². The minimum atomic E-state index is -0.608. The quantitative estimate of drug-likeness (QED) is 0.469. The van der Waals surface area contributed by atoms with Crippen LogP contribution in [0.4, 0.5) is 8.78 Å². The number of hydrogen-bond donors (Lipinski definition) is 0. The Hall–Kier alpha value is -3.36. The zero-order valence-electron chi connectivity index (χ0n) is 15.7. The lowest BCUT2D eigenvalue weighted by Crippen LogP contribution is -1.95. The Balaban J connectivity index is 1.80. The van der Waals surface area contributed by atoms with Gasteiger partial charge in [0.2, 0.25) is 0 Å². The molecule has 3 aromatic rings. The second-order valence-electron chi connectivity index (χ2n) is 6.59. The SMILES string of the molecule is C#Cc1ccc(-c2ccc(C#Cc3c(F)cc(CCCC)cc3F)cc2)cc1. The second kappa shape index (κ2) is 9.03. The minimum absolute atomic E-state index is 0.186. The molecule has 0 heterocycles. The highest BCUT2D eigenvalue weighted by molar-refractivity contribution is 5.65. The molecule has 0 fully saturated rings. The summed E-state index contributed by atoms with van der Waals surface area (Å²) >= 11 is 0. The highest BCUT2D eigenvalue weighted by Gasteiger charge is 2.09. The average Bonchev–Trinajstić information content (AvgIpc) is 2.72. The van der Waals surface area contributed by atoms with Gasteiger partial charge in [0.25, 0.3) is 0 Å². The first-order chi connectivity index (χ1) is 13.6. The lowest BCUT2D eigenvalue weighted by atomic mass is 10.0. The summed E-state index contributed by atoms with van der Waals surface area (Å²) in [5.74, 6) is 6.85. The number of aryl methyl sites for hydroxylation is 1. The zero-order chi connectivity index (χ0) is 19.9. The molecule has 0 aliphatic rings. The maximum absolute atomic E-state index is 14.2. The van der Waals surface area contributed by atoms with Crippen LogP contribution in [-0.2, 0) is 6.42 Å². The van der Waals surface area contributed by atoms with Gasteiger partial charge in [-0.3, -0.25) is 0 Å². The molecule has 0 spiro atoms. The molecular weight excluding hydrogens is 350 g/mol. The largest absolute Gasteiger partial charge is 0.206 e. The van der Waals surface area contributed by atoms with Crippen molar-refractivity contribution in [2.24, 2.45) is 0 Å². The van der Waals surface area contributed by atoms with Crippen LogP contribution in [-0.4, -0.2) is 0 Å². The minimum Gasteiger partial charge on any atom is -0.206 e. The number of benzene rings is 3. The van der Waals surface area contributed by atoms with Crippen LogP contribution in [0.2, 0.25) is 0 Å². The summed E-state index contributed by atoms with van der Waals surface area (Å²) in [7, 11) is 0. The van der Waals surface area contributed by atoms with Gasteiger partial charge in [0.15, 0.2) is 0 Å². The summed E-state index contributed by atoms with van der Waals surface area (Å²) in [4.78, 5) is 0. The molecule has 2 heteroatoms. The van der Waals surface area contributed by atoms with Gasteiger partial charge in [-0.05, 0) is 65.9 Å². The van der Waals surface area contributed by atoms with E-state index < -0.39 is 11.6 Å². The molecule has 3 rings (SSSR count). The predicted octanol–water partition coefficient (Wildman–Crippen LogP) is 6.36. The van der Waals surface area contributed by atoms with Crippen LogP contribution in [0.25, 0.3) is 11.1 Å². The molecule has 0 saturated heterocycles. The van der Waals surface area contributed by atoms with Crippen LogP contribution in [0.3, 0.4) is 0 Å². The van der Waals surface area contributed by atoms with Gasteiger partial charge in [0.1, 0.15) is 11.6 Å². The Morgan fingerprint density at radius 3 is 1.82 bits per heavy atom. The molecule has 0 N–H and O–H groups in total. The van der Waals surface area contributed by atoms with Crippen LogP contribution in [0.5, 0.6) is 0 Å². The fraction of sp³-hybridized carbons (Fsp3) is 0.154. The normalized spacial score (nSPS) is 10.1. The Bertz CT molecular complexity index is 1030. The van der Waals surface area contributed by atoms with Crippen molar-refractivity contribution in [3.8, 4) is 35.3 Å². The summed E-state index contributed by atoms with van der Waals surface area (Å²) < 4.78 is 28.5. The molecule has 0 aliphatic carbocycles. The van der Waals surface area contributed by atoms with Crippen LogP contribution < -0.4 is 0 Å². The molecule has 0 nitrogen and oxygen atoms in total. The van der Waals surface area contributed by atoms with Crippen molar-refractivity contribution in [2.45, 2.75) is 26.2 Å². The summed E-state index contributed by atoms with van der Waals surface area (Å²) in [5.41, 5.74) is 4.07. The molecule has 0 saturated carbocycles. The molecule has 0 aromatic heterocycles. The predicted molar refractivity (Wildman–Crippen MR) is 111 cm³/mol. The maximum Gasteiger partial charge on any atom is 0.142 e. The number of hydrogen-bond acceptors (Lipinski definition) is 0. The third kappa shape index (κ3) is 4.67. The van der Waals surface area contributed by atoms with Gasteiger partial charge in [-0.2, -0.15) is 0 Å². The van der Waals surface area contributed by atoms with Gasteiger partial charge >= 0.3 is 0 Å². The third-order valence-corrected chi connectivity index (χ3v) is 4.52. The number of unbranched alkanes of at least 4 members (excludes halogenated alkanes) is 1. The number of rotatable bonds is 4. The van der Waals surface area contributed by atoms with Crippen molar-refractivity contribution in [3.63, 3.8) is 0 Å². The smallest absolute Gasteiger partial charge is 0.142 e. The lowest BCUT2D eigenvalue weighted by molar-refractivity contribution is 0.572. The van der Waals surface area contributed by atoms with Crippen LogP contribution in [0.1, 0.15) is 42.0 Å². The van der Waals surface area contributed by atoms with Crippen molar-refractivity contribution in [1.29, 1.82) is 0 Å². The number of terminal acetylenes is 1. The second-order valence-corrected chi connectivity index (χ2v) is 6.59. The van der Waals surface area contributed by atoms with Crippen LogP contribution in [0.15, 0.2) is 60.7 Å². The molecule has 0 amide bonds. The van der Waals surface area contributed by atoms with Crippen molar-refractivity contribution >= 4 is 0 Å². The highest BCUT2D eigenvalue weighted by atomic mass is 19.1. The van der Waals surface area contributed by atoms with E-state index in [2.05, 4.69) is 17.8 Å². The zero-order valence-corrected chi connectivity index (χ0v) is 15.7. The van der Waals surface area contributed by atoms with Crippen LogP contribution >= 0.6 is 0 Å². The lowest BCUT2D eigenvalue weighted by Gasteiger charge is -2.04. The summed E-state index contributed by atoms with van der Waals surface area (Å²) in [5, 5.41) is 0. The van der Waals surface area contributed by atoms with E-state index >= 15 is 0 Å². The fourth-order valence-corrected chi connectivity index (χ4v) is 2.91. The first kappa shape index (κ1) is 19.4. The van der Waals surface area contributed by atoms with E-state index in [0.717, 1.165) is 29.5 Å². The molecule has 3 aromatic carbocycles. The molecular formula is C26H20F2.